The van der Waals surface area contributed by atoms with E-state index in [-0.39, 0.29) is 39.8 Å². The molecule has 0 aliphatic rings. The maximum Gasteiger partial charge on any atom is 0.164 e. The molecule has 1 aromatic carbocycles. The Hall–Kier alpha value is -2.71. The molecule has 0 spiro atoms. The Balaban J connectivity index is 3.94. The molecule has 0 aromatic heterocycles. The van der Waals surface area contributed by atoms with Gasteiger partial charge in [-0.1, -0.05) is 0 Å². The molecule has 0 amide bonds. The van der Waals surface area contributed by atoms with Crippen LogP contribution in [0.4, 0.5) is 28.4 Å². The van der Waals surface area contributed by atoms with E-state index >= 15 is 0 Å². The van der Waals surface area contributed by atoms with Gasteiger partial charge in [-0.05, 0) is 6.92 Å². The molecule has 0 unspecified atom stereocenters. The monoisotopic (exact) mass is 276 g/mol. The predicted molar refractivity (Wildman–Crippen MR) is 76.6 cm³/mol. The van der Waals surface area contributed by atoms with Gasteiger partial charge < -0.3 is 11.5 Å². The molecule has 0 fully saturated rings. The normalized spacial score (nSPS) is 12.0. The van der Waals surface area contributed by atoms with Crippen molar-refractivity contribution in [2.24, 2.45) is 30.7 Å². The smallest absolute Gasteiger partial charge is 0.164 e. The standard InChI is InChI=1S/C11H16N8O/c1-5(20)6-9(17-14-2)7(12)11(19-16-4)8(13)10(6)18-15-3/h12-13H2,1-4H3. The zero-order valence-corrected chi connectivity index (χ0v) is 11.7. The molecule has 9 heteroatoms. The van der Waals surface area contributed by atoms with Crippen LogP contribution < -0.4 is 11.5 Å². The van der Waals surface area contributed by atoms with Crippen molar-refractivity contribution in [3.8, 4) is 0 Å². The molecule has 1 aromatic rings. The van der Waals surface area contributed by atoms with Crippen LogP contribution >= 0.6 is 0 Å². The first-order chi connectivity index (χ1) is 9.49. The predicted octanol–water partition coefficient (Wildman–Crippen LogP) is 3.19. The minimum absolute atomic E-state index is 0.124. The number of anilines is 2. The number of carbonyl (C=O) groups is 1. The summed E-state index contributed by atoms with van der Waals surface area (Å²) in [7, 11) is 4.39. The number of carbonyl (C=O) groups excluding carboxylic acids is 1. The van der Waals surface area contributed by atoms with Crippen LogP contribution in [-0.2, 0) is 0 Å². The van der Waals surface area contributed by atoms with E-state index in [9.17, 15) is 4.79 Å². The van der Waals surface area contributed by atoms with Gasteiger partial charge in [0.15, 0.2) is 5.78 Å². The zero-order chi connectivity index (χ0) is 15.3. The van der Waals surface area contributed by atoms with Crippen LogP contribution in [-0.4, -0.2) is 26.9 Å². The third-order valence-corrected chi connectivity index (χ3v) is 2.45. The molecule has 106 valence electrons. The molecule has 0 aliphatic heterocycles. The number of nitrogens with zero attached hydrogens (tertiary/aromatic N) is 6. The first kappa shape index (κ1) is 15.3. The second-order valence-electron chi connectivity index (χ2n) is 3.70. The molecule has 20 heavy (non-hydrogen) atoms. The quantitative estimate of drug-likeness (QED) is 0.494. The number of azo groups is 3. The molecular formula is C11H16N8O. The summed E-state index contributed by atoms with van der Waals surface area (Å²) in [5, 5.41) is 22.5. The molecule has 0 aliphatic carbocycles. The lowest BCUT2D eigenvalue weighted by atomic mass is 10.0. The highest BCUT2D eigenvalue weighted by molar-refractivity contribution is 6.11. The number of Topliss-reactive ketones (excluding diaryl/α,β-unsaturated/α-hetero) is 1. The van der Waals surface area contributed by atoms with E-state index < -0.39 is 0 Å². The van der Waals surface area contributed by atoms with E-state index in [0.29, 0.717) is 0 Å². The highest BCUT2D eigenvalue weighted by Gasteiger charge is 2.24. The Labute approximate surface area is 115 Å². The maximum atomic E-state index is 11.8. The van der Waals surface area contributed by atoms with Crippen molar-refractivity contribution >= 4 is 34.2 Å². The van der Waals surface area contributed by atoms with Crippen LogP contribution in [0.1, 0.15) is 17.3 Å². The van der Waals surface area contributed by atoms with Gasteiger partial charge in [-0.25, -0.2) is 0 Å². The second-order valence-corrected chi connectivity index (χ2v) is 3.70. The lowest BCUT2D eigenvalue weighted by molar-refractivity contribution is 0.101. The number of hydrogen-bond donors (Lipinski definition) is 2. The van der Waals surface area contributed by atoms with Crippen LogP contribution in [0.5, 0.6) is 0 Å². The molecule has 0 atom stereocenters. The summed E-state index contributed by atoms with van der Waals surface area (Å²) in [6.45, 7) is 1.36. The highest BCUT2D eigenvalue weighted by Crippen LogP contribution is 2.48. The van der Waals surface area contributed by atoms with Gasteiger partial charge >= 0.3 is 0 Å². The third kappa shape index (κ3) is 2.66. The number of nitrogens with two attached hydrogens (primary N) is 2. The van der Waals surface area contributed by atoms with E-state index in [1.807, 2.05) is 0 Å². The summed E-state index contributed by atoms with van der Waals surface area (Å²) in [5.74, 6) is -0.298. The first-order valence-corrected chi connectivity index (χ1v) is 5.64. The molecule has 4 N–H and O–H groups in total. The SMILES string of the molecule is CN=Nc1c(N)c(N=NC)c(C(C)=O)c(N=NC)c1N. The Morgan fingerprint density at radius 2 is 1.15 bits per heavy atom. The maximum absolute atomic E-state index is 11.8. The number of hydrogen-bond acceptors (Lipinski definition) is 9. The van der Waals surface area contributed by atoms with Gasteiger partial charge in [0.1, 0.15) is 17.1 Å². The van der Waals surface area contributed by atoms with Crippen LogP contribution in [0.2, 0.25) is 0 Å². The summed E-state index contributed by atoms with van der Waals surface area (Å²) < 4.78 is 0. The average molecular weight is 276 g/mol. The summed E-state index contributed by atoms with van der Waals surface area (Å²) in [6, 6.07) is 0. The lowest BCUT2D eigenvalue weighted by Gasteiger charge is -2.13. The highest BCUT2D eigenvalue weighted by atomic mass is 16.1. The van der Waals surface area contributed by atoms with Crippen LogP contribution in [0.15, 0.2) is 30.7 Å². The lowest BCUT2D eigenvalue weighted by Crippen LogP contribution is -2.02. The average Bonchev–Trinajstić information content (AvgIpc) is 2.40. The van der Waals surface area contributed by atoms with Crippen molar-refractivity contribution in [3.63, 3.8) is 0 Å². The molecule has 0 radical (unpaired) electrons. The summed E-state index contributed by atoms with van der Waals surface area (Å²) in [6.07, 6.45) is 0. The fourth-order valence-electron chi connectivity index (χ4n) is 1.70. The van der Waals surface area contributed by atoms with Crippen LogP contribution in [0, 0.1) is 0 Å². The molecule has 0 bridgehead atoms. The fraction of sp³-hybridized carbons (Fsp3) is 0.364. The zero-order valence-electron chi connectivity index (χ0n) is 11.7. The van der Waals surface area contributed by atoms with Crippen molar-refractivity contribution in [3.05, 3.63) is 5.56 Å². The molecule has 1 rings (SSSR count). The number of ketones is 1. The minimum Gasteiger partial charge on any atom is -0.395 e. The van der Waals surface area contributed by atoms with Gasteiger partial charge in [0, 0.05) is 21.1 Å². The molecule has 9 nitrogen and oxygen atoms in total. The van der Waals surface area contributed by atoms with E-state index in [2.05, 4.69) is 30.7 Å². The molecule has 0 saturated heterocycles. The van der Waals surface area contributed by atoms with Crippen molar-refractivity contribution < 1.29 is 4.79 Å². The van der Waals surface area contributed by atoms with E-state index in [1.54, 1.807) is 0 Å². The van der Waals surface area contributed by atoms with Gasteiger partial charge in [0.05, 0.1) is 16.9 Å². The molecule has 0 saturated carbocycles. The largest absolute Gasteiger partial charge is 0.395 e. The Bertz CT molecular complexity index is 578. The first-order valence-electron chi connectivity index (χ1n) is 5.64. The minimum atomic E-state index is -0.298. The van der Waals surface area contributed by atoms with Crippen molar-refractivity contribution in [1.82, 2.24) is 0 Å². The second kappa shape index (κ2) is 6.45. The molecular weight excluding hydrogens is 260 g/mol. The van der Waals surface area contributed by atoms with Gasteiger partial charge in [-0.3, -0.25) is 4.79 Å². The van der Waals surface area contributed by atoms with Crippen LogP contribution in [0.25, 0.3) is 0 Å². The van der Waals surface area contributed by atoms with Gasteiger partial charge in [0.2, 0.25) is 0 Å². The number of nitrogen functional groups attached to an aromatic ring is 2. The van der Waals surface area contributed by atoms with E-state index in [4.69, 9.17) is 11.5 Å². The summed E-state index contributed by atoms with van der Waals surface area (Å²) >= 11 is 0. The van der Waals surface area contributed by atoms with E-state index in [1.165, 1.54) is 28.1 Å². The summed E-state index contributed by atoms with van der Waals surface area (Å²) in [4.78, 5) is 11.8. The third-order valence-electron chi connectivity index (χ3n) is 2.45. The Kier molecular flexibility index (Phi) is 4.95. The molecule has 0 heterocycles. The summed E-state index contributed by atoms with van der Waals surface area (Å²) in [5.41, 5.74) is 12.8. The Morgan fingerprint density at radius 3 is 1.45 bits per heavy atom. The Morgan fingerprint density at radius 1 is 0.800 bits per heavy atom. The van der Waals surface area contributed by atoms with Gasteiger partial charge in [-0.15, -0.1) is 0 Å². The van der Waals surface area contributed by atoms with Crippen LogP contribution in [0.3, 0.4) is 0 Å². The number of benzene rings is 1. The topological polar surface area (TPSA) is 143 Å². The fourth-order valence-corrected chi connectivity index (χ4v) is 1.70. The number of rotatable bonds is 4. The van der Waals surface area contributed by atoms with Gasteiger partial charge in [-0.2, -0.15) is 30.7 Å². The van der Waals surface area contributed by atoms with E-state index in [0.717, 1.165) is 0 Å². The van der Waals surface area contributed by atoms with Gasteiger partial charge in [0.25, 0.3) is 0 Å². The van der Waals surface area contributed by atoms with Crippen molar-refractivity contribution in [1.29, 1.82) is 0 Å². The van der Waals surface area contributed by atoms with Crippen molar-refractivity contribution in [2.45, 2.75) is 6.92 Å². The van der Waals surface area contributed by atoms with Crippen molar-refractivity contribution in [2.75, 3.05) is 32.6 Å².